The molecule has 6 nitrogen and oxygen atoms in total. The topological polar surface area (TPSA) is 59.7 Å². The minimum Gasteiger partial charge on any atom is -0.368 e. The minimum absolute atomic E-state index is 0.0198. The largest absolute Gasteiger partial charge is 0.368 e. The quantitative estimate of drug-likeness (QED) is 0.810. The molecule has 23 heavy (non-hydrogen) atoms. The molecule has 2 aromatic heterocycles. The molecule has 4 rings (SSSR count). The van der Waals surface area contributed by atoms with E-state index in [1.54, 1.807) is 10.7 Å². The Bertz CT molecular complexity index is 767. The summed E-state index contributed by atoms with van der Waals surface area (Å²) in [5.74, 6) is 0.0198. The van der Waals surface area contributed by atoms with E-state index in [0.717, 1.165) is 25.0 Å². The smallest absolute Gasteiger partial charge is 0.259 e. The lowest BCUT2D eigenvalue weighted by molar-refractivity contribution is -0.142. The summed E-state index contributed by atoms with van der Waals surface area (Å²) in [6, 6.07) is 2.06. The van der Waals surface area contributed by atoms with Gasteiger partial charge in [0.2, 0.25) is 0 Å². The number of amides is 1. The summed E-state index contributed by atoms with van der Waals surface area (Å²) in [6.07, 6.45) is 6.79. The predicted octanol–water partition coefficient (Wildman–Crippen LogP) is 2.21. The van der Waals surface area contributed by atoms with Gasteiger partial charge in [0, 0.05) is 18.4 Å². The molecule has 1 aliphatic heterocycles. The first-order chi connectivity index (χ1) is 10.9. The molecule has 1 saturated heterocycles. The number of fused-ring (bicyclic) bond motifs is 2. The maximum Gasteiger partial charge on any atom is 0.259 e. The van der Waals surface area contributed by atoms with E-state index in [2.05, 4.69) is 23.9 Å². The first-order valence-corrected chi connectivity index (χ1v) is 8.24. The van der Waals surface area contributed by atoms with Crippen molar-refractivity contribution in [2.75, 3.05) is 6.54 Å². The van der Waals surface area contributed by atoms with Crippen molar-refractivity contribution in [3.63, 3.8) is 0 Å². The van der Waals surface area contributed by atoms with Gasteiger partial charge in [-0.3, -0.25) is 4.79 Å². The number of aromatic nitrogens is 3. The summed E-state index contributed by atoms with van der Waals surface area (Å²) < 4.78 is 7.84. The molecule has 1 aliphatic carbocycles. The molecule has 2 aromatic rings. The maximum absolute atomic E-state index is 13.2. The molecule has 2 aliphatic rings. The second-order valence-corrected chi connectivity index (χ2v) is 7.24. The zero-order valence-electron chi connectivity index (χ0n) is 13.8. The lowest BCUT2D eigenvalue weighted by Gasteiger charge is -2.46. The average molecular weight is 314 g/mol. The molecule has 3 heterocycles. The Labute approximate surface area is 135 Å². The van der Waals surface area contributed by atoms with Crippen LogP contribution in [-0.4, -0.2) is 49.7 Å². The zero-order chi connectivity index (χ0) is 16.2. The van der Waals surface area contributed by atoms with Gasteiger partial charge in [-0.25, -0.2) is 9.50 Å². The molecule has 122 valence electrons. The molecule has 6 heteroatoms. The van der Waals surface area contributed by atoms with Crippen molar-refractivity contribution in [3.05, 3.63) is 29.7 Å². The Hall–Kier alpha value is -1.95. The number of aryl methyl sites for hydroxylation is 1. The second-order valence-electron chi connectivity index (χ2n) is 7.24. The van der Waals surface area contributed by atoms with Crippen molar-refractivity contribution in [2.45, 2.75) is 57.8 Å². The van der Waals surface area contributed by atoms with Crippen molar-refractivity contribution in [3.8, 4) is 0 Å². The third-order valence-electron chi connectivity index (χ3n) is 4.84. The molecule has 0 bridgehead atoms. The molecule has 0 aromatic carbocycles. The molecule has 0 unspecified atom stereocenters. The van der Waals surface area contributed by atoms with Gasteiger partial charge in [0.15, 0.2) is 5.65 Å². The van der Waals surface area contributed by atoms with Gasteiger partial charge in [-0.05, 0) is 46.1 Å². The van der Waals surface area contributed by atoms with Gasteiger partial charge in [-0.2, -0.15) is 5.10 Å². The molecule has 0 spiro atoms. The molecule has 2 atom stereocenters. The van der Waals surface area contributed by atoms with Crippen LogP contribution >= 0.6 is 0 Å². The maximum atomic E-state index is 13.2. The Kier molecular flexibility index (Phi) is 3.20. The van der Waals surface area contributed by atoms with Crippen LogP contribution in [0.15, 0.2) is 18.5 Å². The fourth-order valence-electron chi connectivity index (χ4n) is 3.86. The van der Waals surface area contributed by atoms with Crippen LogP contribution in [0.25, 0.3) is 5.65 Å². The van der Waals surface area contributed by atoms with Crippen molar-refractivity contribution >= 4 is 11.6 Å². The van der Waals surface area contributed by atoms with Crippen LogP contribution in [0.5, 0.6) is 0 Å². The van der Waals surface area contributed by atoms with Crippen molar-refractivity contribution in [1.82, 2.24) is 19.5 Å². The number of hydrogen-bond acceptors (Lipinski definition) is 4. The van der Waals surface area contributed by atoms with Crippen LogP contribution in [-0.2, 0) is 4.74 Å². The van der Waals surface area contributed by atoms with Gasteiger partial charge < -0.3 is 9.64 Å². The summed E-state index contributed by atoms with van der Waals surface area (Å²) in [7, 11) is 0. The van der Waals surface area contributed by atoms with Crippen molar-refractivity contribution in [1.29, 1.82) is 0 Å². The molecular formula is C17H22N4O2. The van der Waals surface area contributed by atoms with E-state index in [-0.39, 0.29) is 23.7 Å². The zero-order valence-corrected chi connectivity index (χ0v) is 13.8. The van der Waals surface area contributed by atoms with E-state index in [9.17, 15) is 4.79 Å². The van der Waals surface area contributed by atoms with E-state index in [0.29, 0.717) is 17.8 Å². The number of morpholine rings is 1. The highest BCUT2D eigenvalue weighted by atomic mass is 16.5. The summed E-state index contributed by atoms with van der Waals surface area (Å²) in [5.41, 5.74) is 1.78. The SMILES string of the molecule is Cc1ccn2ncc(C(=O)N3CC(C)(C)O[C@@H]4CCC[C@H]43)c2n1. The van der Waals surface area contributed by atoms with E-state index < -0.39 is 0 Å². The van der Waals surface area contributed by atoms with Crippen LogP contribution in [0, 0.1) is 6.92 Å². The summed E-state index contributed by atoms with van der Waals surface area (Å²) >= 11 is 0. The van der Waals surface area contributed by atoms with Crippen LogP contribution < -0.4 is 0 Å². The molecule has 2 fully saturated rings. The Morgan fingerprint density at radius 3 is 3.04 bits per heavy atom. The minimum atomic E-state index is -0.312. The van der Waals surface area contributed by atoms with Gasteiger partial charge in [-0.1, -0.05) is 0 Å². The highest BCUT2D eigenvalue weighted by Crippen LogP contribution is 2.36. The normalized spacial score (nSPS) is 26.5. The van der Waals surface area contributed by atoms with E-state index in [4.69, 9.17) is 4.74 Å². The van der Waals surface area contributed by atoms with Gasteiger partial charge >= 0.3 is 0 Å². The molecule has 0 N–H and O–H groups in total. The highest BCUT2D eigenvalue weighted by molar-refractivity contribution is 6.00. The number of carbonyl (C=O) groups excluding carboxylic acids is 1. The third kappa shape index (κ3) is 2.41. The van der Waals surface area contributed by atoms with Crippen LogP contribution in [0.2, 0.25) is 0 Å². The summed E-state index contributed by atoms with van der Waals surface area (Å²) in [4.78, 5) is 19.7. The molecule has 1 saturated carbocycles. The van der Waals surface area contributed by atoms with Crippen LogP contribution in [0.3, 0.4) is 0 Å². The van der Waals surface area contributed by atoms with Gasteiger partial charge in [0.1, 0.15) is 5.56 Å². The lowest BCUT2D eigenvalue weighted by atomic mass is 10.00. The predicted molar refractivity (Wildman–Crippen MR) is 85.4 cm³/mol. The first kappa shape index (κ1) is 14.6. The first-order valence-electron chi connectivity index (χ1n) is 8.24. The fraction of sp³-hybridized carbons (Fsp3) is 0.588. The van der Waals surface area contributed by atoms with Crippen LogP contribution in [0.4, 0.5) is 0 Å². The monoisotopic (exact) mass is 314 g/mol. The van der Waals surface area contributed by atoms with Crippen molar-refractivity contribution in [2.24, 2.45) is 0 Å². The summed E-state index contributed by atoms with van der Waals surface area (Å²) in [5, 5.41) is 4.27. The number of ether oxygens (including phenoxy) is 1. The highest BCUT2D eigenvalue weighted by Gasteiger charge is 2.45. The van der Waals surface area contributed by atoms with E-state index in [1.807, 2.05) is 24.1 Å². The van der Waals surface area contributed by atoms with Gasteiger partial charge in [-0.15, -0.1) is 0 Å². The Morgan fingerprint density at radius 1 is 1.39 bits per heavy atom. The second kappa shape index (κ2) is 5.03. The summed E-state index contributed by atoms with van der Waals surface area (Å²) in [6.45, 7) is 6.64. The molecule has 0 radical (unpaired) electrons. The average Bonchev–Trinajstić information content (AvgIpc) is 3.10. The van der Waals surface area contributed by atoms with Crippen LogP contribution in [0.1, 0.15) is 49.2 Å². The van der Waals surface area contributed by atoms with E-state index >= 15 is 0 Å². The number of rotatable bonds is 1. The third-order valence-corrected chi connectivity index (χ3v) is 4.84. The molecule has 1 amide bonds. The Morgan fingerprint density at radius 2 is 2.22 bits per heavy atom. The van der Waals surface area contributed by atoms with E-state index in [1.165, 1.54) is 0 Å². The standard InChI is InChI=1S/C17H22N4O2/c1-11-7-8-21-15(19-11)12(9-18-21)16(22)20-10-17(2,3)23-14-6-4-5-13(14)20/h7-9,13-14H,4-6,10H2,1-3H3/t13-,14-/m1/s1. The number of carbonyl (C=O) groups is 1. The fourth-order valence-corrected chi connectivity index (χ4v) is 3.86. The number of nitrogens with zero attached hydrogens (tertiary/aromatic N) is 4. The Balaban J connectivity index is 1.73. The van der Waals surface area contributed by atoms with Crippen molar-refractivity contribution < 1.29 is 9.53 Å². The van der Waals surface area contributed by atoms with Gasteiger partial charge in [0.25, 0.3) is 5.91 Å². The molecular weight excluding hydrogens is 292 g/mol. The lowest BCUT2D eigenvalue weighted by Crippen LogP contribution is -2.58. The number of hydrogen-bond donors (Lipinski definition) is 0. The van der Waals surface area contributed by atoms with Gasteiger partial charge in [0.05, 0.1) is 23.9 Å².